The fourth-order valence-corrected chi connectivity index (χ4v) is 6.43. The number of hydrogen-bond acceptors (Lipinski definition) is 6. The first-order valence-corrected chi connectivity index (χ1v) is 14.1. The third-order valence-corrected chi connectivity index (χ3v) is 8.42. The molecule has 6 rings (SSSR count). The lowest BCUT2D eigenvalue weighted by atomic mass is 9.88. The molecule has 0 spiro atoms. The zero-order valence-corrected chi connectivity index (χ0v) is 23.9. The van der Waals surface area contributed by atoms with Crippen molar-refractivity contribution in [2.24, 2.45) is 4.99 Å². The number of ether oxygens (including phenoxy) is 2. The van der Waals surface area contributed by atoms with Gasteiger partial charge in [-0.1, -0.05) is 64.1 Å². The van der Waals surface area contributed by atoms with Crippen molar-refractivity contribution in [3.05, 3.63) is 116 Å². The fraction of sp³-hybridized carbons (Fsp3) is 0.194. The number of rotatable bonds is 5. The molecule has 0 saturated heterocycles. The van der Waals surface area contributed by atoms with Crippen molar-refractivity contribution in [2.45, 2.75) is 6.04 Å². The molecule has 0 fully saturated rings. The van der Waals surface area contributed by atoms with Crippen LogP contribution in [0.2, 0.25) is 0 Å². The highest BCUT2D eigenvalue weighted by Gasteiger charge is 2.41. The standard InChI is InChI=1S/C31H28BrN3O2S/c1-34-17-23(16-20-4-12-25(36-2)13-5-20)29-27(18-34)30(22-8-14-26(37-3)15-9-22)35-28(19-38-31(35)33-29)21-6-10-24(32)11-7-21/h4-16,19,30H,17-18H2,1-3H3/b23-16+/t30-/m1/s1. The molecule has 0 aromatic heterocycles. The van der Waals surface area contributed by atoms with Crippen molar-refractivity contribution in [1.29, 1.82) is 0 Å². The maximum Gasteiger partial charge on any atom is 0.174 e. The minimum atomic E-state index is 0.0234. The summed E-state index contributed by atoms with van der Waals surface area (Å²) in [6, 6.07) is 25.2. The topological polar surface area (TPSA) is 37.3 Å². The highest BCUT2D eigenvalue weighted by molar-refractivity contribution is 9.10. The molecule has 0 radical (unpaired) electrons. The van der Waals surface area contributed by atoms with Crippen LogP contribution in [0.25, 0.3) is 11.8 Å². The predicted molar refractivity (Wildman–Crippen MR) is 160 cm³/mol. The van der Waals surface area contributed by atoms with Gasteiger partial charge in [0.25, 0.3) is 0 Å². The summed E-state index contributed by atoms with van der Waals surface area (Å²) < 4.78 is 11.9. The summed E-state index contributed by atoms with van der Waals surface area (Å²) in [7, 11) is 5.58. The average molecular weight is 587 g/mol. The summed E-state index contributed by atoms with van der Waals surface area (Å²) >= 11 is 5.27. The van der Waals surface area contributed by atoms with E-state index in [1.807, 2.05) is 24.3 Å². The predicted octanol–water partition coefficient (Wildman–Crippen LogP) is 7.21. The lowest BCUT2D eigenvalue weighted by Gasteiger charge is -2.42. The molecule has 1 atom stereocenters. The summed E-state index contributed by atoms with van der Waals surface area (Å²) in [5.41, 5.74) is 8.33. The fourth-order valence-electron chi connectivity index (χ4n) is 5.24. The quantitative estimate of drug-likeness (QED) is 0.316. The van der Waals surface area contributed by atoms with E-state index in [-0.39, 0.29) is 6.04 Å². The lowest BCUT2D eigenvalue weighted by molar-refractivity contribution is 0.344. The summed E-state index contributed by atoms with van der Waals surface area (Å²) in [5.74, 6) is 1.71. The SMILES string of the molecule is COc1ccc(/C=C2\CN(C)CC3=C2N=C2SC=C(c4ccc(Br)cc4)N2[C@@H]3c2ccc(OC)cc2)cc1. The van der Waals surface area contributed by atoms with Gasteiger partial charge in [0, 0.05) is 23.0 Å². The van der Waals surface area contributed by atoms with E-state index in [1.165, 1.54) is 28.0 Å². The molecule has 3 aromatic carbocycles. The van der Waals surface area contributed by atoms with E-state index in [2.05, 4.69) is 92.8 Å². The molecule has 3 aliphatic heterocycles. The minimum Gasteiger partial charge on any atom is -0.497 e. The number of likely N-dealkylation sites (N-methyl/N-ethyl adjacent to an activating group) is 1. The Labute approximate surface area is 236 Å². The Kier molecular flexibility index (Phi) is 6.91. The smallest absolute Gasteiger partial charge is 0.174 e. The van der Waals surface area contributed by atoms with Gasteiger partial charge in [0.05, 0.1) is 31.7 Å². The molecule has 38 heavy (non-hydrogen) atoms. The molecule has 7 heteroatoms. The van der Waals surface area contributed by atoms with Gasteiger partial charge in [0.15, 0.2) is 5.17 Å². The van der Waals surface area contributed by atoms with Gasteiger partial charge in [-0.15, -0.1) is 0 Å². The van der Waals surface area contributed by atoms with Crippen molar-refractivity contribution in [1.82, 2.24) is 9.80 Å². The molecule has 3 aliphatic rings. The molecule has 0 N–H and O–H groups in total. The summed E-state index contributed by atoms with van der Waals surface area (Å²) in [6.45, 7) is 1.69. The van der Waals surface area contributed by atoms with Crippen molar-refractivity contribution in [2.75, 3.05) is 34.4 Å². The van der Waals surface area contributed by atoms with Crippen LogP contribution in [0.5, 0.6) is 11.5 Å². The third-order valence-electron chi connectivity index (χ3n) is 7.05. The molecule has 3 aromatic rings. The van der Waals surface area contributed by atoms with Crippen LogP contribution in [-0.2, 0) is 0 Å². The van der Waals surface area contributed by atoms with Gasteiger partial charge >= 0.3 is 0 Å². The number of halogens is 1. The van der Waals surface area contributed by atoms with E-state index in [0.29, 0.717) is 0 Å². The molecule has 0 saturated carbocycles. The molecule has 3 heterocycles. The van der Waals surface area contributed by atoms with Crippen LogP contribution in [0.1, 0.15) is 22.7 Å². The monoisotopic (exact) mass is 585 g/mol. The van der Waals surface area contributed by atoms with Crippen LogP contribution in [0.15, 0.2) is 105 Å². The number of nitrogens with zero attached hydrogens (tertiary/aromatic N) is 3. The van der Waals surface area contributed by atoms with Crippen LogP contribution in [0.3, 0.4) is 0 Å². The van der Waals surface area contributed by atoms with Crippen molar-refractivity contribution in [3.63, 3.8) is 0 Å². The normalized spacial score (nSPS) is 20.2. The second kappa shape index (κ2) is 10.5. The molecule has 0 aliphatic carbocycles. The van der Waals surface area contributed by atoms with Crippen LogP contribution < -0.4 is 9.47 Å². The van der Waals surface area contributed by atoms with E-state index in [4.69, 9.17) is 14.5 Å². The van der Waals surface area contributed by atoms with E-state index in [9.17, 15) is 0 Å². The second-order valence-electron chi connectivity index (χ2n) is 9.56. The summed E-state index contributed by atoms with van der Waals surface area (Å²) in [5, 5.41) is 3.24. The van der Waals surface area contributed by atoms with Gasteiger partial charge in [-0.05, 0) is 77.4 Å². The summed E-state index contributed by atoms with van der Waals surface area (Å²) in [4.78, 5) is 10.1. The van der Waals surface area contributed by atoms with Gasteiger partial charge in [0.2, 0.25) is 0 Å². The van der Waals surface area contributed by atoms with Gasteiger partial charge in [-0.3, -0.25) is 4.90 Å². The number of hydrogen-bond donors (Lipinski definition) is 0. The van der Waals surface area contributed by atoms with Crippen LogP contribution in [-0.4, -0.2) is 49.3 Å². The Morgan fingerprint density at radius 2 is 1.55 bits per heavy atom. The number of thioether (sulfide) groups is 1. The third kappa shape index (κ3) is 4.70. The maximum absolute atomic E-state index is 5.47. The zero-order chi connectivity index (χ0) is 26.2. The summed E-state index contributed by atoms with van der Waals surface area (Å²) in [6.07, 6.45) is 2.26. The molecular weight excluding hydrogens is 558 g/mol. The zero-order valence-electron chi connectivity index (χ0n) is 21.5. The molecule has 0 bridgehead atoms. The van der Waals surface area contributed by atoms with E-state index in [0.717, 1.165) is 45.5 Å². The first-order chi connectivity index (χ1) is 18.5. The largest absolute Gasteiger partial charge is 0.497 e. The van der Waals surface area contributed by atoms with Gasteiger partial charge < -0.3 is 14.4 Å². The van der Waals surface area contributed by atoms with Gasteiger partial charge in [-0.2, -0.15) is 0 Å². The van der Waals surface area contributed by atoms with Crippen molar-refractivity contribution >= 4 is 44.6 Å². The molecule has 0 unspecified atom stereocenters. The minimum absolute atomic E-state index is 0.0234. The maximum atomic E-state index is 5.47. The number of fused-ring (bicyclic) bond motifs is 1. The van der Waals surface area contributed by atoms with Gasteiger partial charge in [0.1, 0.15) is 11.5 Å². The van der Waals surface area contributed by atoms with Crippen LogP contribution in [0, 0.1) is 0 Å². The highest BCUT2D eigenvalue weighted by Crippen LogP contribution is 2.49. The van der Waals surface area contributed by atoms with E-state index >= 15 is 0 Å². The lowest BCUT2D eigenvalue weighted by Crippen LogP contribution is -2.40. The number of amidine groups is 1. The Bertz CT molecular complexity index is 1480. The number of benzene rings is 3. The first-order valence-electron chi connectivity index (χ1n) is 12.5. The average Bonchev–Trinajstić information content (AvgIpc) is 3.36. The van der Waals surface area contributed by atoms with Crippen molar-refractivity contribution in [3.8, 4) is 11.5 Å². The molecule has 192 valence electrons. The molecular formula is C31H28BrN3O2S. The van der Waals surface area contributed by atoms with E-state index < -0.39 is 0 Å². The second-order valence-corrected chi connectivity index (χ2v) is 11.3. The Balaban J connectivity index is 1.48. The van der Waals surface area contributed by atoms with Crippen LogP contribution in [0.4, 0.5) is 0 Å². The first kappa shape index (κ1) is 25.0. The Morgan fingerprint density at radius 1 is 0.895 bits per heavy atom. The number of methoxy groups -OCH3 is 2. The number of aliphatic imine (C=N–C) groups is 1. The molecule has 0 amide bonds. The van der Waals surface area contributed by atoms with E-state index in [1.54, 1.807) is 26.0 Å². The van der Waals surface area contributed by atoms with Crippen molar-refractivity contribution < 1.29 is 9.47 Å². The van der Waals surface area contributed by atoms with Crippen LogP contribution >= 0.6 is 27.7 Å². The van der Waals surface area contributed by atoms with Gasteiger partial charge in [-0.25, -0.2) is 4.99 Å². The highest BCUT2D eigenvalue weighted by atomic mass is 79.9. The Morgan fingerprint density at radius 3 is 2.21 bits per heavy atom. The molecule has 5 nitrogen and oxygen atoms in total. The Hall–Kier alpha value is -3.26.